The van der Waals surface area contributed by atoms with Gasteiger partial charge in [0.15, 0.2) is 0 Å². The van der Waals surface area contributed by atoms with Crippen molar-refractivity contribution < 1.29 is 9.59 Å². The van der Waals surface area contributed by atoms with Gasteiger partial charge in [0.2, 0.25) is 11.8 Å². The largest absolute Gasteiger partial charge is 0.330 e. The van der Waals surface area contributed by atoms with Crippen LogP contribution in [0.3, 0.4) is 0 Å². The Balaban J connectivity index is 1.50. The van der Waals surface area contributed by atoms with E-state index >= 15 is 0 Å². The highest BCUT2D eigenvalue weighted by atomic mass is 16.2. The van der Waals surface area contributed by atoms with E-state index in [4.69, 9.17) is 0 Å². The van der Waals surface area contributed by atoms with E-state index in [2.05, 4.69) is 17.2 Å². The second-order valence-corrected chi connectivity index (χ2v) is 7.42. The number of anilines is 1. The van der Waals surface area contributed by atoms with Gasteiger partial charge in [-0.05, 0) is 50.7 Å². The van der Waals surface area contributed by atoms with Crippen molar-refractivity contribution in [2.75, 3.05) is 11.9 Å². The van der Waals surface area contributed by atoms with Crippen molar-refractivity contribution in [1.82, 2.24) is 14.3 Å². The molecule has 25 heavy (non-hydrogen) atoms. The third kappa shape index (κ3) is 3.13. The van der Waals surface area contributed by atoms with E-state index in [-0.39, 0.29) is 23.8 Å². The van der Waals surface area contributed by atoms with Crippen LogP contribution in [-0.4, -0.2) is 38.7 Å². The summed E-state index contributed by atoms with van der Waals surface area (Å²) in [5.74, 6) is 0.661. The van der Waals surface area contributed by atoms with Crippen LogP contribution < -0.4 is 5.32 Å². The molecular weight excluding hydrogens is 316 g/mol. The summed E-state index contributed by atoms with van der Waals surface area (Å²) >= 11 is 0. The highest BCUT2D eigenvalue weighted by Crippen LogP contribution is 2.40. The molecule has 132 valence electrons. The average molecular weight is 340 g/mol. The lowest BCUT2D eigenvalue weighted by Gasteiger charge is -2.35. The average Bonchev–Trinajstić information content (AvgIpc) is 3.21. The first-order chi connectivity index (χ1) is 12.0. The normalized spacial score (nSPS) is 25.8. The summed E-state index contributed by atoms with van der Waals surface area (Å²) in [5.41, 5.74) is 2.52. The maximum absolute atomic E-state index is 12.8. The van der Waals surface area contributed by atoms with Gasteiger partial charge in [-0.2, -0.15) is 0 Å². The van der Waals surface area contributed by atoms with E-state index < -0.39 is 0 Å². The number of likely N-dealkylation sites (tertiary alicyclic amines) is 1. The minimum absolute atomic E-state index is 0.0856. The SMILES string of the molecule is Cc1cn2cc(NC(=O)[C@@H]3CCCCN3C(=O)[C@H]3C[C@@H]3C)ccc2n1. The maximum Gasteiger partial charge on any atom is 0.247 e. The Bertz CT molecular complexity index is 828. The number of piperidine rings is 1. The van der Waals surface area contributed by atoms with Gasteiger partial charge in [-0.1, -0.05) is 6.92 Å². The summed E-state index contributed by atoms with van der Waals surface area (Å²) in [6.45, 7) is 4.74. The lowest BCUT2D eigenvalue weighted by molar-refractivity contribution is -0.141. The number of aryl methyl sites for hydroxylation is 1. The number of hydrogen-bond donors (Lipinski definition) is 1. The molecule has 6 heteroatoms. The molecule has 0 aromatic carbocycles. The molecule has 2 aromatic rings. The molecule has 3 heterocycles. The highest BCUT2D eigenvalue weighted by Gasteiger charge is 2.44. The van der Waals surface area contributed by atoms with Crippen molar-refractivity contribution in [2.24, 2.45) is 11.8 Å². The molecule has 3 atom stereocenters. The van der Waals surface area contributed by atoms with Crippen molar-refractivity contribution >= 4 is 23.1 Å². The predicted octanol–water partition coefficient (Wildman–Crippen LogP) is 2.62. The number of imidazole rings is 1. The Morgan fingerprint density at radius 2 is 2.04 bits per heavy atom. The smallest absolute Gasteiger partial charge is 0.247 e. The molecule has 2 fully saturated rings. The van der Waals surface area contributed by atoms with Gasteiger partial charge in [-0.15, -0.1) is 0 Å². The summed E-state index contributed by atoms with van der Waals surface area (Å²) < 4.78 is 1.90. The lowest BCUT2D eigenvalue weighted by Crippen LogP contribution is -2.50. The number of carbonyl (C=O) groups excluding carboxylic acids is 2. The van der Waals surface area contributed by atoms with Crippen molar-refractivity contribution in [2.45, 2.75) is 45.6 Å². The molecule has 1 saturated carbocycles. The molecule has 2 aromatic heterocycles. The first kappa shape index (κ1) is 16.1. The number of amides is 2. The van der Waals surface area contributed by atoms with Crippen LogP contribution in [0.5, 0.6) is 0 Å². The molecule has 6 nitrogen and oxygen atoms in total. The van der Waals surface area contributed by atoms with Crippen LogP contribution in [0.4, 0.5) is 5.69 Å². The van der Waals surface area contributed by atoms with Gasteiger partial charge in [-0.3, -0.25) is 9.59 Å². The third-order valence-corrected chi connectivity index (χ3v) is 5.35. The molecule has 0 unspecified atom stereocenters. The summed E-state index contributed by atoms with van der Waals surface area (Å²) in [6, 6.07) is 3.39. The number of fused-ring (bicyclic) bond motifs is 1. The van der Waals surface area contributed by atoms with Gasteiger partial charge in [0.25, 0.3) is 0 Å². The zero-order chi connectivity index (χ0) is 17.6. The van der Waals surface area contributed by atoms with Crippen molar-refractivity contribution in [1.29, 1.82) is 0 Å². The zero-order valence-corrected chi connectivity index (χ0v) is 14.7. The fourth-order valence-corrected chi connectivity index (χ4v) is 3.77. The third-order valence-electron chi connectivity index (χ3n) is 5.35. The van der Waals surface area contributed by atoms with E-state index in [1.807, 2.05) is 40.8 Å². The van der Waals surface area contributed by atoms with Crippen molar-refractivity contribution in [3.05, 3.63) is 30.2 Å². The van der Waals surface area contributed by atoms with E-state index in [1.54, 1.807) is 0 Å². The number of pyridine rings is 1. The maximum atomic E-state index is 12.8. The number of aromatic nitrogens is 2. The molecule has 4 rings (SSSR count). The van der Waals surface area contributed by atoms with Crippen LogP contribution in [0.15, 0.2) is 24.5 Å². The number of rotatable bonds is 3. The van der Waals surface area contributed by atoms with Crippen LogP contribution in [0, 0.1) is 18.8 Å². The summed E-state index contributed by atoms with van der Waals surface area (Å²) in [6.07, 6.45) is 7.46. The second kappa shape index (κ2) is 6.17. The molecule has 1 saturated heterocycles. The van der Waals surface area contributed by atoms with Crippen molar-refractivity contribution in [3.63, 3.8) is 0 Å². The summed E-state index contributed by atoms with van der Waals surface area (Å²) in [4.78, 5) is 31.7. The Kier molecular flexibility index (Phi) is 3.98. The molecule has 0 spiro atoms. The number of nitrogens with zero attached hydrogens (tertiary/aromatic N) is 3. The van der Waals surface area contributed by atoms with E-state index in [1.165, 1.54) is 0 Å². The van der Waals surface area contributed by atoms with Crippen molar-refractivity contribution in [3.8, 4) is 0 Å². The van der Waals surface area contributed by atoms with E-state index in [9.17, 15) is 9.59 Å². The number of hydrogen-bond acceptors (Lipinski definition) is 3. The minimum Gasteiger partial charge on any atom is -0.330 e. The van der Waals surface area contributed by atoms with Crippen LogP contribution in [0.25, 0.3) is 5.65 Å². The molecule has 1 aliphatic heterocycles. The molecule has 1 aliphatic carbocycles. The van der Waals surface area contributed by atoms with Gasteiger partial charge < -0.3 is 14.6 Å². The van der Waals surface area contributed by atoms with Crippen LogP contribution in [0.1, 0.15) is 38.3 Å². The Morgan fingerprint density at radius 3 is 2.80 bits per heavy atom. The van der Waals surface area contributed by atoms with Gasteiger partial charge in [0.1, 0.15) is 11.7 Å². The quantitative estimate of drug-likeness (QED) is 0.934. The monoisotopic (exact) mass is 340 g/mol. The first-order valence-corrected chi connectivity index (χ1v) is 9.09. The van der Waals surface area contributed by atoms with Crippen LogP contribution >= 0.6 is 0 Å². The fraction of sp³-hybridized carbons (Fsp3) is 0.526. The molecule has 2 aliphatic rings. The summed E-state index contributed by atoms with van der Waals surface area (Å²) in [5, 5.41) is 2.99. The second-order valence-electron chi connectivity index (χ2n) is 7.42. The Morgan fingerprint density at radius 1 is 1.24 bits per heavy atom. The Labute approximate surface area is 147 Å². The van der Waals surface area contributed by atoms with E-state index in [0.29, 0.717) is 12.5 Å². The van der Waals surface area contributed by atoms with Gasteiger partial charge in [-0.25, -0.2) is 4.98 Å². The van der Waals surface area contributed by atoms with Gasteiger partial charge in [0.05, 0.1) is 11.4 Å². The Hall–Kier alpha value is -2.37. The van der Waals surface area contributed by atoms with Crippen LogP contribution in [-0.2, 0) is 9.59 Å². The topological polar surface area (TPSA) is 66.7 Å². The zero-order valence-electron chi connectivity index (χ0n) is 14.7. The molecule has 2 amide bonds. The van der Waals surface area contributed by atoms with E-state index in [0.717, 1.165) is 42.7 Å². The lowest BCUT2D eigenvalue weighted by atomic mass is 10.0. The minimum atomic E-state index is -0.353. The standard InChI is InChI=1S/C19H24N4O2/c1-12-9-15(12)19(25)23-8-4-3-5-16(23)18(24)21-14-6-7-17-20-13(2)10-22(17)11-14/h6-7,10-12,15-16H,3-5,8-9H2,1-2H3,(H,21,24)/t12-,15-,16-/m0/s1. The number of carbonyl (C=O) groups is 2. The highest BCUT2D eigenvalue weighted by molar-refractivity contribution is 5.97. The van der Waals surface area contributed by atoms with Crippen LogP contribution in [0.2, 0.25) is 0 Å². The first-order valence-electron chi connectivity index (χ1n) is 9.09. The fourth-order valence-electron chi connectivity index (χ4n) is 3.77. The molecule has 0 bridgehead atoms. The van der Waals surface area contributed by atoms with Gasteiger partial charge in [0, 0.05) is 24.9 Å². The molecular formula is C19H24N4O2. The molecule has 1 N–H and O–H groups in total. The molecule has 0 radical (unpaired) electrons. The predicted molar refractivity (Wildman–Crippen MR) is 95.2 cm³/mol. The summed E-state index contributed by atoms with van der Waals surface area (Å²) in [7, 11) is 0. The van der Waals surface area contributed by atoms with Gasteiger partial charge >= 0.3 is 0 Å². The number of nitrogens with one attached hydrogen (secondary N) is 1.